The summed E-state index contributed by atoms with van der Waals surface area (Å²) in [7, 11) is 0. The lowest BCUT2D eigenvalue weighted by atomic mass is 10.1. The molecule has 5 nitrogen and oxygen atoms in total. The predicted octanol–water partition coefficient (Wildman–Crippen LogP) is 1.26. The molecule has 0 aliphatic carbocycles. The minimum Gasteiger partial charge on any atom is -0.477 e. The van der Waals surface area contributed by atoms with Crippen LogP contribution >= 0.6 is 0 Å². The van der Waals surface area contributed by atoms with Gasteiger partial charge in [-0.2, -0.15) is 5.26 Å². The predicted molar refractivity (Wildman–Crippen MR) is 53.5 cm³/mol. The van der Waals surface area contributed by atoms with E-state index in [2.05, 4.69) is 0 Å². The maximum absolute atomic E-state index is 10.9. The summed E-state index contributed by atoms with van der Waals surface area (Å²) < 4.78 is 5.11. The largest absolute Gasteiger partial charge is 0.477 e. The SMILES string of the molecule is CC(C#N)Oc1cccc(N)c1C(=O)O. The molecule has 1 rings (SSSR count). The Morgan fingerprint density at radius 1 is 1.67 bits per heavy atom. The van der Waals surface area contributed by atoms with Crippen LogP contribution in [0.5, 0.6) is 5.75 Å². The maximum Gasteiger partial charge on any atom is 0.341 e. The van der Waals surface area contributed by atoms with Gasteiger partial charge in [-0.1, -0.05) is 6.07 Å². The van der Waals surface area contributed by atoms with E-state index >= 15 is 0 Å². The molecule has 0 saturated carbocycles. The van der Waals surface area contributed by atoms with E-state index in [0.717, 1.165) is 0 Å². The van der Waals surface area contributed by atoms with E-state index in [4.69, 9.17) is 20.8 Å². The number of ether oxygens (including phenoxy) is 1. The maximum atomic E-state index is 10.9. The van der Waals surface area contributed by atoms with Gasteiger partial charge < -0.3 is 15.6 Å². The molecule has 0 spiro atoms. The number of anilines is 1. The minimum absolute atomic E-state index is 0.108. The van der Waals surface area contributed by atoms with Gasteiger partial charge >= 0.3 is 5.97 Å². The van der Waals surface area contributed by atoms with Crippen molar-refractivity contribution in [3.8, 4) is 11.8 Å². The van der Waals surface area contributed by atoms with E-state index in [-0.39, 0.29) is 17.0 Å². The van der Waals surface area contributed by atoms with Gasteiger partial charge in [-0.15, -0.1) is 0 Å². The average molecular weight is 206 g/mol. The van der Waals surface area contributed by atoms with Crippen LogP contribution < -0.4 is 10.5 Å². The fourth-order valence-electron chi connectivity index (χ4n) is 1.09. The number of nitriles is 1. The molecule has 0 amide bonds. The van der Waals surface area contributed by atoms with Crippen molar-refractivity contribution in [2.24, 2.45) is 0 Å². The topological polar surface area (TPSA) is 96.3 Å². The van der Waals surface area contributed by atoms with Crippen molar-refractivity contribution in [3.05, 3.63) is 23.8 Å². The molecular formula is C10H10N2O3. The molecule has 5 heteroatoms. The summed E-state index contributed by atoms with van der Waals surface area (Å²) in [6.45, 7) is 1.52. The highest BCUT2D eigenvalue weighted by atomic mass is 16.5. The molecular weight excluding hydrogens is 196 g/mol. The summed E-state index contributed by atoms with van der Waals surface area (Å²) >= 11 is 0. The summed E-state index contributed by atoms with van der Waals surface area (Å²) in [5.41, 5.74) is 5.50. The first kappa shape index (κ1) is 10.9. The summed E-state index contributed by atoms with van der Waals surface area (Å²) in [4.78, 5) is 10.9. The Morgan fingerprint density at radius 2 is 2.33 bits per heavy atom. The first-order chi connectivity index (χ1) is 7.06. The summed E-state index contributed by atoms with van der Waals surface area (Å²) in [5.74, 6) is -1.07. The third kappa shape index (κ3) is 2.38. The number of rotatable bonds is 3. The first-order valence-electron chi connectivity index (χ1n) is 4.24. The van der Waals surface area contributed by atoms with Crippen LogP contribution in [0.4, 0.5) is 5.69 Å². The number of nitrogens with zero attached hydrogens (tertiary/aromatic N) is 1. The average Bonchev–Trinajstić information content (AvgIpc) is 2.17. The van der Waals surface area contributed by atoms with Crippen LogP contribution in [0.3, 0.4) is 0 Å². The van der Waals surface area contributed by atoms with Gasteiger partial charge in [-0.05, 0) is 19.1 Å². The zero-order valence-electron chi connectivity index (χ0n) is 8.10. The lowest BCUT2D eigenvalue weighted by molar-refractivity contribution is 0.0692. The first-order valence-corrected chi connectivity index (χ1v) is 4.24. The highest BCUT2D eigenvalue weighted by Crippen LogP contribution is 2.25. The van der Waals surface area contributed by atoms with E-state index in [9.17, 15) is 4.79 Å². The Morgan fingerprint density at radius 3 is 2.87 bits per heavy atom. The van der Waals surface area contributed by atoms with Gasteiger partial charge in [0.25, 0.3) is 0 Å². The Balaban J connectivity index is 3.13. The van der Waals surface area contributed by atoms with Crippen LogP contribution in [0.1, 0.15) is 17.3 Å². The molecule has 0 saturated heterocycles. The van der Waals surface area contributed by atoms with Gasteiger partial charge in [0.15, 0.2) is 6.10 Å². The van der Waals surface area contributed by atoms with E-state index in [1.54, 1.807) is 6.07 Å². The Hall–Kier alpha value is -2.22. The quantitative estimate of drug-likeness (QED) is 0.725. The molecule has 1 atom stereocenters. The third-order valence-corrected chi connectivity index (χ3v) is 1.76. The zero-order valence-corrected chi connectivity index (χ0v) is 8.10. The zero-order chi connectivity index (χ0) is 11.4. The van der Waals surface area contributed by atoms with Crippen molar-refractivity contribution in [2.75, 3.05) is 5.73 Å². The van der Waals surface area contributed by atoms with E-state index in [0.29, 0.717) is 0 Å². The summed E-state index contributed by atoms with van der Waals surface area (Å²) in [6, 6.07) is 6.35. The number of carboxylic acids is 1. The number of nitrogen functional groups attached to an aromatic ring is 1. The van der Waals surface area contributed by atoms with Gasteiger partial charge in [-0.25, -0.2) is 4.79 Å². The molecule has 1 aromatic rings. The molecule has 0 heterocycles. The van der Waals surface area contributed by atoms with Crippen LogP contribution in [0.2, 0.25) is 0 Å². The van der Waals surface area contributed by atoms with E-state index < -0.39 is 12.1 Å². The summed E-state index contributed by atoms with van der Waals surface area (Å²) in [6.07, 6.45) is -0.718. The Bertz CT molecular complexity index is 423. The van der Waals surface area contributed by atoms with Crippen LogP contribution in [-0.2, 0) is 0 Å². The van der Waals surface area contributed by atoms with Crippen molar-refractivity contribution in [1.29, 1.82) is 5.26 Å². The molecule has 0 radical (unpaired) electrons. The Kier molecular flexibility index (Phi) is 3.13. The molecule has 1 aromatic carbocycles. The standard InChI is InChI=1S/C10H10N2O3/c1-6(5-11)15-8-4-2-3-7(12)9(8)10(13)14/h2-4,6H,12H2,1H3,(H,13,14). The number of carboxylic acid groups (broad SMARTS) is 1. The van der Waals surface area contributed by atoms with Gasteiger partial charge in [0.1, 0.15) is 17.4 Å². The fourth-order valence-corrected chi connectivity index (χ4v) is 1.09. The van der Waals surface area contributed by atoms with Crippen molar-refractivity contribution in [3.63, 3.8) is 0 Å². The second-order valence-corrected chi connectivity index (χ2v) is 2.91. The van der Waals surface area contributed by atoms with E-state index in [1.165, 1.54) is 19.1 Å². The molecule has 78 valence electrons. The number of nitrogens with two attached hydrogens (primary N) is 1. The second kappa shape index (κ2) is 4.33. The van der Waals surface area contributed by atoms with Gasteiger partial charge in [0, 0.05) is 5.69 Å². The lowest BCUT2D eigenvalue weighted by Gasteiger charge is -2.11. The lowest BCUT2D eigenvalue weighted by Crippen LogP contribution is -2.13. The highest BCUT2D eigenvalue weighted by molar-refractivity contribution is 5.96. The number of hydrogen-bond acceptors (Lipinski definition) is 4. The van der Waals surface area contributed by atoms with Crippen molar-refractivity contribution >= 4 is 11.7 Å². The van der Waals surface area contributed by atoms with Crippen molar-refractivity contribution < 1.29 is 14.6 Å². The molecule has 0 aliphatic rings. The second-order valence-electron chi connectivity index (χ2n) is 2.91. The Labute approximate surface area is 86.7 Å². The monoisotopic (exact) mass is 206 g/mol. The molecule has 15 heavy (non-hydrogen) atoms. The van der Waals surface area contributed by atoms with Gasteiger partial charge in [0.05, 0.1) is 0 Å². The molecule has 3 N–H and O–H groups in total. The smallest absolute Gasteiger partial charge is 0.341 e. The molecule has 0 bridgehead atoms. The molecule has 0 aromatic heterocycles. The fraction of sp³-hybridized carbons (Fsp3) is 0.200. The number of carbonyl (C=O) groups is 1. The van der Waals surface area contributed by atoms with Gasteiger partial charge in [-0.3, -0.25) is 0 Å². The van der Waals surface area contributed by atoms with Crippen LogP contribution in [0, 0.1) is 11.3 Å². The third-order valence-electron chi connectivity index (χ3n) is 1.76. The number of benzene rings is 1. The normalized spacial score (nSPS) is 11.5. The van der Waals surface area contributed by atoms with E-state index in [1.807, 2.05) is 6.07 Å². The highest BCUT2D eigenvalue weighted by Gasteiger charge is 2.16. The van der Waals surface area contributed by atoms with Crippen molar-refractivity contribution in [1.82, 2.24) is 0 Å². The number of hydrogen-bond donors (Lipinski definition) is 2. The summed E-state index contributed by atoms with van der Waals surface area (Å²) in [5, 5.41) is 17.4. The van der Waals surface area contributed by atoms with Crippen LogP contribution in [-0.4, -0.2) is 17.2 Å². The minimum atomic E-state index is -1.17. The number of aromatic carboxylic acids is 1. The van der Waals surface area contributed by atoms with Crippen molar-refractivity contribution in [2.45, 2.75) is 13.0 Å². The van der Waals surface area contributed by atoms with Gasteiger partial charge in [0.2, 0.25) is 0 Å². The van der Waals surface area contributed by atoms with Crippen LogP contribution in [0.25, 0.3) is 0 Å². The van der Waals surface area contributed by atoms with Crippen LogP contribution in [0.15, 0.2) is 18.2 Å². The molecule has 0 aliphatic heterocycles. The molecule has 1 unspecified atom stereocenters. The molecule has 0 fully saturated rings.